The molecular weight excluding hydrogens is 315 g/mol. The molecule has 23 heavy (non-hydrogen) atoms. The molecule has 0 atom stereocenters. The third-order valence-corrected chi connectivity index (χ3v) is 2.94. The summed E-state index contributed by atoms with van der Waals surface area (Å²) in [6.07, 6.45) is -4.71. The Labute approximate surface area is 128 Å². The zero-order chi connectivity index (χ0) is 17.0. The lowest BCUT2D eigenvalue weighted by molar-refractivity contribution is -0.147. The molecule has 10 heteroatoms. The van der Waals surface area contributed by atoms with Crippen molar-refractivity contribution in [2.45, 2.75) is 12.7 Å². The molecule has 2 rings (SSSR count). The molecule has 2 aromatic rings. The fraction of sp³-hybridized carbons (Fsp3) is 0.308. The number of aromatic nitrogens is 3. The van der Waals surface area contributed by atoms with Crippen molar-refractivity contribution in [3.05, 3.63) is 46.6 Å². The number of rotatable bonds is 4. The van der Waals surface area contributed by atoms with Crippen LogP contribution >= 0.6 is 0 Å². The quantitative estimate of drug-likeness (QED) is 0.890. The number of para-hydroxylation sites is 1. The zero-order valence-electron chi connectivity index (χ0n) is 12.1. The van der Waals surface area contributed by atoms with E-state index < -0.39 is 23.7 Å². The Balaban J connectivity index is 1.92. The number of amides is 2. The van der Waals surface area contributed by atoms with Crippen LogP contribution in [0.2, 0.25) is 0 Å². The molecule has 0 saturated heterocycles. The average Bonchev–Trinajstić information content (AvgIpc) is 2.76. The van der Waals surface area contributed by atoms with Gasteiger partial charge in [0.1, 0.15) is 0 Å². The predicted octanol–water partition coefficient (Wildman–Crippen LogP) is 1.42. The Hall–Kier alpha value is -2.78. The number of halogens is 3. The van der Waals surface area contributed by atoms with E-state index in [0.29, 0.717) is 14.9 Å². The van der Waals surface area contributed by atoms with Gasteiger partial charge >= 0.3 is 17.9 Å². The van der Waals surface area contributed by atoms with Crippen molar-refractivity contribution < 1.29 is 18.0 Å². The SMILES string of the molecule is Cn1c(C(F)(F)F)nn(CCNC(=O)Nc2ccccc2)c1=O. The van der Waals surface area contributed by atoms with Crippen LogP contribution in [0.4, 0.5) is 23.7 Å². The van der Waals surface area contributed by atoms with Crippen molar-refractivity contribution in [2.24, 2.45) is 7.05 Å². The van der Waals surface area contributed by atoms with E-state index in [1.807, 2.05) is 0 Å². The summed E-state index contributed by atoms with van der Waals surface area (Å²) in [6, 6.07) is 8.09. The monoisotopic (exact) mass is 329 g/mol. The molecule has 0 bridgehead atoms. The second-order valence-electron chi connectivity index (χ2n) is 4.63. The maximum atomic E-state index is 12.6. The molecule has 0 radical (unpaired) electrons. The van der Waals surface area contributed by atoms with Crippen LogP contribution < -0.4 is 16.3 Å². The van der Waals surface area contributed by atoms with Crippen LogP contribution in [-0.2, 0) is 19.8 Å². The number of carbonyl (C=O) groups excluding carboxylic acids is 1. The molecule has 1 heterocycles. The standard InChI is InChI=1S/C13H14F3N5O2/c1-20-10(13(14,15)16)19-21(12(20)23)8-7-17-11(22)18-9-5-3-2-4-6-9/h2-6H,7-8H2,1H3,(H2,17,18,22). The fourth-order valence-corrected chi connectivity index (χ4v) is 1.85. The minimum absolute atomic E-state index is 0.0487. The molecule has 124 valence electrons. The highest BCUT2D eigenvalue weighted by atomic mass is 19.4. The van der Waals surface area contributed by atoms with Gasteiger partial charge in [-0.25, -0.2) is 14.3 Å². The predicted molar refractivity (Wildman–Crippen MR) is 75.9 cm³/mol. The summed E-state index contributed by atoms with van der Waals surface area (Å²) in [5.41, 5.74) is -0.332. The molecule has 0 spiro atoms. The maximum Gasteiger partial charge on any atom is 0.451 e. The van der Waals surface area contributed by atoms with Crippen molar-refractivity contribution in [1.29, 1.82) is 0 Å². The van der Waals surface area contributed by atoms with E-state index in [9.17, 15) is 22.8 Å². The minimum Gasteiger partial charge on any atom is -0.336 e. The van der Waals surface area contributed by atoms with Crippen LogP contribution in [0.5, 0.6) is 0 Å². The van der Waals surface area contributed by atoms with E-state index in [2.05, 4.69) is 15.7 Å². The molecule has 2 N–H and O–H groups in total. The summed E-state index contributed by atoms with van der Waals surface area (Å²) in [4.78, 5) is 23.2. The summed E-state index contributed by atoms with van der Waals surface area (Å²) in [7, 11) is 0.990. The number of urea groups is 1. The van der Waals surface area contributed by atoms with Gasteiger partial charge in [0.25, 0.3) is 0 Å². The number of anilines is 1. The smallest absolute Gasteiger partial charge is 0.336 e. The van der Waals surface area contributed by atoms with Crippen LogP contribution in [0.25, 0.3) is 0 Å². The summed E-state index contributed by atoms with van der Waals surface area (Å²) in [5.74, 6) is -1.28. The fourth-order valence-electron chi connectivity index (χ4n) is 1.85. The van der Waals surface area contributed by atoms with Gasteiger partial charge in [0.05, 0.1) is 6.54 Å². The van der Waals surface area contributed by atoms with Crippen molar-refractivity contribution in [3.63, 3.8) is 0 Å². The minimum atomic E-state index is -4.71. The summed E-state index contributed by atoms with van der Waals surface area (Å²) >= 11 is 0. The van der Waals surface area contributed by atoms with Gasteiger partial charge in [-0.15, -0.1) is 5.10 Å². The number of hydrogen-bond donors (Lipinski definition) is 2. The number of nitrogens with one attached hydrogen (secondary N) is 2. The first-order valence-electron chi connectivity index (χ1n) is 6.60. The molecular formula is C13H14F3N5O2. The van der Waals surface area contributed by atoms with Crippen LogP contribution in [-0.4, -0.2) is 26.9 Å². The van der Waals surface area contributed by atoms with E-state index in [4.69, 9.17) is 0 Å². The van der Waals surface area contributed by atoms with Crippen LogP contribution in [0.15, 0.2) is 35.1 Å². The van der Waals surface area contributed by atoms with E-state index in [0.717, 1.165) is 7.05 Å². The molecule has 0 fully saturated rings. The number of nitrogens with zero attached hydrogens (tertiary/aromatic N) is 3. The van der Waals surface area contributed by atoms with Gasteiger partial charge in [-0.2, -0.15) is 13.2 Å². The molecule has 0 aliphatic heterocycles. The van der Waals surface area contributed by atoms with Crippen LogP contribution in [0.1, 0.15) is 5.82 Å². The average molecular weight is 329 g/mol. The third-order valence-electron chi connectivity index (χ3n) is 2.94. The maximum absolute atomic E-state index is 12.6. The Morgan fingerprint density at radius 2 is 1.91 bits per heavy atom. The number of carbonyl (C=O) groups is 1. The van der Waals surface area contributed by atoms with Gasteiger partial charge in [-0.3, -0.25) is 4.57 Å². The summed E-state index contributed by atoms with van der Waals surface area (Å²) in [5, 5.41) is 8.21. The van der Waals surface area contributed by atoms with Gasteiger partial charge < -0.3 is 10.6 Å². The van der Waals surface area contributed by atoms with Gasteiger partial charge in [0.15, 0.2) is 0 Å². The molecule has 0 unspecified atom stereocenters. The highest BCUT2D eigenvalue weighted by molar-refractivity contribution is 5.89. The Morgan fingerprint density at radius 1 is 1.26 bits per heavy atom. The summed E-state index contributed by atoms with van der Waals surface area (Å²) in [6.45, 7) is -0.224. The van der Waals surface area contributed by atoms with Crippen LogP contribution in [0, 0.1) is 0 Å². The lowest BCUT2D eigenvalue weighted by Crippen LogP contribution is -2.34. The van der Waals surface area contributed by atoms with Crippen molar-refractivity contribution in [1.82, 2.24) is 19.7 Å². The molecule has 1 aromatic heterocycles. The Kier molecular flexibility index (Phi) is 4.72. The second-order valence-corrected chi connectivity index (χ2v) is 4.63. The Bertz CT molecular complexity index is 736. The van der Waals surface area contributed by atoms with E-state index >= 15 is 0 Å². The van der Waals surface area contributed by atoms with Gasteiger partial charge in [0.2, 0.25) is 5.82 Å². The van der Waals surface area contributed by atoms with Crippen molar-refractivity contribution >= 4 is 11.7 Å². The molecule has 2 amide bonds. The number of benzene rings is 1. The Morgan fingerprint density at radius 3 is 2.48 bits per heavy atom. The molecule has 0 aliphatic carbocycles. The first-order valence-corrected chi connectivity index (χ1v) is 6.60. The molecule has 0 saturated carbocycles. The van der Waals surface area contributed by atoms with E-state index in [-0.39, 0.29) is 13.1 Å². The normalized spacial score (nSPS) is 11.3. The largest absolute Gasteiger partial charge is 0.451 e. The zero-order valence-corrected chi connectivity index (χ0v) is 12.1. The highest BCUT2D eigenvalue weighted by Crippen LogP contribution is 2.25. The van der Waals surface area contributed by atoms with E-state index in [1.165, 1.54) is 0 Å². The second kappa shape index (κ2) is 6.55. The molecule has 1 aromatic carbocycles. The third kappa shape index (κ3) is 4.11. The van der Waals surface area contributed by atoms with E-state index in [1.54, 1.807) is 30.3 Å². The van der Waals surface area contributed by atoms with Crippen molar-refractivity contribution in [3.8, 4) is 0 Å². The van der Waals surface area contributed by atoms with Crippen LogP contribution in [0.3, 0.4) is 0 Å². The van der Waals surface area contributed by atoms with Gasteiger partial charge in [-0.1, -0.05) is 18.2 Å². The molecule has 0 aliphatic rings. The van der Waals surface area contributed by atoms with Gasteiger partial charge in [0, 0.05) is 19.3 Å². The first-order chi connectivity index (χ1) is 10.8. The topological polar surface area (TPSA) is 81.0 Å². The first kappa shape index (κ1) is 16.6. The molecule has 7 nitrogen and oxygen atoms in total. The van der Waals surface area contributed by atoms with Gasteiger partial charge in [-0.05, 0) is 12.1 Å². The lowest BCUT2D eigenvalue weighted by Gasteiger charge is -2.07. The number of hydrogen-bond acceptors (Lipinski definition) is 3. The highest BCUT2D eigenvalue weighted by Gasteiger charge is 2.37. The lowest BCUT2D eigenvalue weighted by atomic mass is 10.3. The number of alkyl halides is 3. The summed E-state index contributed by atoms with van der Waals surface area (Å²) < 4.78 is 38.9. The van der Waals surface area contributed by atoms with Crippen molar-refractivity contribution in [2.75, 3.05) is 11.9 Å².